The number of ketones is 4. The third kappa shape index (κ3) is 8.46. The molecular weight excluding hydrogens is 674 g/mol. The van der Waals surface area contributed by atoms with Crippen molar-refractivity contribution in [1.82, 2.24) is 10.4 Å². The predicted molar refractivity (Wildman–Crippen MR) is 205 cm³/mol. The average Bonchev–Trinajstić information content (AvgIpc) is 3.14. The van der Waals surface area contributed by atoms with Crippen molar-refractivity contribution in [2.75, 3.05) is 13.2 Å². The summed E-state index contributed by atoms with van der Waals surface area (Å²) in [5.41, 5.74) is 11.1. The van der Waals surface area contributed by atoms with Crippen LogP contribution in [-0.4, -0.2) is 81.7 Å². The van der Waals surface area contributed by atoms with Crippen LogP contribution in [0.2, 0.25) is 0 Å². The van der Waals surface area contributed by atoms with Crippen molar-refractivity contribution in [3.63, 3.8) is 0 Å². The molecule has 3 unspecified atom stereocenters. The second-order valence-electron chi connectivity index (χ2n) is 15.6. The van der Waals surface area contributed by atoms with Crippen LogP contribution in [0.25, 0.3) is 10.8 Å². The van der Waals surface area contributed by atoms with Crippen molar-refractivity contribution < 1.29 is 33.9 Å². The summed E-state index contributed by atoms with van der Waals surface area (Å²) in [6.07, 6.45) is 7.00. The SMILES string of the molecule is CCCCCC(=O)c1ccc(ON2C(C3CCCCC3)C(=N)C(=O)C(C(C)=O)C2(CNC(=O)[C@@H](N)C(C)C)C(C)C)c2cccc(C(=O)[C@@H](N)CO)c12. The molecule has 0 aromatic heterocycles. The number of unbranched alkanes of at least 4 members (excludes halogenated alkanes) is 2. The molecule has 2 aromatic carbocycles. The highest BCUT2D eigenvalue weighted by molar-refractivity contribution is 6.45. The normalized spacial score (nSPS) is 22.6. The van der Waals surface area contributed by atoms with Crippen LogP contribution in [0.15, 0.2) is 30.3 Å². The predicted octanol–water partition coefficient (Wildman–Crippen LogP) is 4.95. The number of aliphatic hydroxyl groups is 1. The molecule has 12 heteroatoms. The number of fused-ring (bicyclic) bond motifs is 1. The van der Waals surface area contributed by atoms with Crippen LogP contribution in [0.5, 0.6) is 5.75 Å². The Morgan fingerprint density at radius 1 is 1.02 bits per heavy atom. The first kappa shape index (κ1) is 41.9. The molecule has 2 aliphatic rings. The second kappa shape index (κ2) is 18.0. The Labute approximate surface area is 313 Å². The lowest BCUT2D eigenvalue weighted by Crippen LogP contribution is -2.76. The van der Waals surface area contributed by atoms with Gasteiger partial charge < -0.3 is 26.7 Å². The van der Waals surface area contributed by atoms with E-state index in [-0.39, 0.29) is 47.6 Å². The maximum absolute atomic E-state index is 14.3. The summed E-state index contributed by atoms with van der Waals surface area (Å²) in [5.74, 6) is -4.12. The number of Topliss-reactive ketones (excluding diaryl/α,β-unsaturated/α-hetero) is 4. The monoisotopic (exact) mass is 733 g/mol. The lowest BCUT2D eigenvalue weighted by molar-refractivity contribution is -0.213. The van der Waals surface area contributed by atoms with Crippen molar-refractivity contribution in [1.29, 1.82) is 5.41 Å². The average molecular weight is 734 g/mol. The fraction of sp³-hybridized carbons (Fsp3) is 0.610. The molecule has 7 N–H and O–H groups in total. The van der Waals surface area contributed by atoms with E-state index >= 15 is 0 Å². The lowest BCUT2D eigenvalue weighted by atomic mass is 9.64. The summed E-state index contributed by atoms with van der Waals surface area (Å²) in [6, 6.07) is 5.29. The molecule has 5 atom stereocenters. The van der Waals surface area contributed by atoms with Crippen LogP contribution >= 0.6 is 0 Å². The van der Waals surface area contributed by atoms with Crippen molar-refractivity contribution in [2.45, 2.75) is 123 Å². The summed E-state index contributed by atoms with van der Waals surface area (Å²) in [6.45, 7) is 10.0. The van der Waals surface area contributed by atoms with E-state index in [1.165, 1.54) is 6.92 Å². The van der Waals surface area contributed by atoms with Crippen molar-refractivity contribution in [3.05, 3.63) is 41.5 Å². The highest BCUT2D eigenvalue weighted by atomic mass is 16.7. The van der Waals surface area contributed by atoms with E-state index in [1.54, 1.807) is 35.4 Å². The first-order valence-electron chi connectivity index (χ1n) is 19.3. The Morgan fingerprint density at radius 2 is 1.70 bits per heavy atom. The number of hydrogen-bond donors (Lipinski definition) is 5. The Morgan fingerprint density at radius 3 is 2.28 bits per heavy atom. The number of piperidine rings is 1. The van der Waals surface area contributed by atoms with Gasteiger partial charge in [0.05, 0.1) is 36.0 Å². The molecule has 1 saturated heterocycles. The fourth-order valence-corrected chi connectivity index (χ4v) is 8.16. The minimum Gasteiger partial charge on any atom is -0.404 e. The Kier molecular flexibility index (Phi) is 14.2. The smallest absolute Gasteiger partial charge is 0.237 e. The fourth-order valence-electron chi connectivity index (χ4n) is 8.16. The van der Waals surface area contributed by atoms with Crippen LogP contribution in [0.3, 0.4) is 0 Å². The number of carbonyl (C=O) groups excluding carboxylic acids is 5. The van der Waals surface area contributed by atoms with Gasteiger partial charge in [-0.15, -0.1) is 5.06 Å². The van der Waals surface area contributed by atoms with Gasteiger partial charge in [0.1, 0.15) is 11.7 Å². The van der Waals surface area contributed by atoms with E-state index in [0.717, 1.165) is 44.9 Å². The highest BCUT2D eigenvalue weighted by Gasteiger charge is 2.62. The van der Waals surface area contributed by atoms with Gasteiger partial charge in [-0.05, 0) is 56.1 Å². The van der Waals surface area contributed by atoms with Crippen molar-refractivity contribution >= 4 is 45.5 Å². The number of nitrogens with zero attached hydrogens (tertiary/aromatic N) is 1. The first-order valence-corrected chi connectivity index (χ1v) is 19.3. The van der Waals surface area contributed by atoms with Crippen molar-refractivity contribution in [3.8, 4) is 5.75 Å². The molecule has 1 aliphatic carbocycles. The quantitative estimate of drug-likeness (QED) is 0.0840. The van der Waals surface area contributed by atoms with Gasteiger partial charge in [0, 0.05) is 34.9 Å². The van der Waals surface area contributed by atoms with Gasteiger partial charge in [-0.1, -0.05) is 84.9 Å². The molecule has 2 aromatic rings. The van der Waals surface area contributed by atoms with Gasteiger partial charge in [-0.3, -0.25) is 29.4 Å². The number of carbonyl (C=O) groups is 5. The Bertz CT molecular complexity index is 1700. The van der Waals surface area contributed by atoms with E-state index < -0.39 is 65.4 Å². The second-order valence-corrected chi connectivity index (χ2v) is 15.6. The van der Waals surface area contributed by atoms with E-state index in [2.05, 4.69) is 5.32 Å². The van der Waals surface area contributed by atoms with Gasteiger partial charge in [0.15, 0.2) is 23.1 Å². The zero-order chi connectivity index (χ0) is 39.2. The molecule has 2 fully saturated rings. The highest BCUT2D eigenvalue weighted by Crippen LogP contribution is 2.46. The zero-order valence-corrected chi connectivity index (χ0v) is 32.2. The van der Waals surface area contributed by atoms with Gasteiger partial charge >= 0.3 is 0 Å². The maximum atomic E-state index is 14.3. The molecule has 12 nitrogen and oxygen atoms in total. The standard InChI is InChI=1S/C41H59N5O7/c1-7-8-10-18-31(49)27-19-20-32(28-16-13-17-29(33(27)28)38(50)30(42)21-47)53-46-37(26-14-11-9-12-15-26)36(44)39(51)34(25(6)48)41(46,24(4)5)22-45-40(52)35(43)23(2)3/h13,16-17,19-20,23-24,26,30,34-35,37,44,47H,7-12,14-15,18,21-22,42-43H2,1-6H3,(H,45,52)/t30-,34?,35-,37?,41?/m0/s1. The van der Waals surface area contributed by atoms with Gasteiger partial charge in [-0.25, -0.2) is 0 Å². The molecule has 0 radical (unpaired) electrons. The minimum atomic E-state index is -1.46. The molecule has 1 aliphatic heterocycles. The summed E-state index contributed by atoms with van der Waals surface area (Å²) >= 11 is 0. The number of amides is 1. The van der Waals surface area contributed by atoms with E-state index in [1.807, 2.05) is 34.6 Å². The molecule has 53 heavy (non-hydrogen) atoms. The van der Waals surface area contributed by atoms with Gasteiger partial charge in [0.25, 0.3) is 0 Å². The Hall–Kier alpha value is -3.84. The number of nitrogens with one attached hydrogen (secondary N) is 2. The minimum absolute atomic E-state index is 0.157. The first-order chi connectivity index (χ1) is 25.1. The molecule has 4 rings (SSSR count). The summed E-state index contributed by atoms with van der Waals surface area (Å²) in [7, 11) is 0. The number of hydroxylamine groups is 2. The van der Waals surface area contributed by atoms with Crippen LogP contribution in [0.1, 0.15) is 120 Å². The third-order valence-corrected chi connectivity index (χ3v) is 11.4. The number of nitrogens with two attached hydrogens (primary N) is 2. The number of benzene rings is 2. The summed E-state index contributed by atoms with van der Waals surface area (Å²) in [5, 5.41) is 24.4. The molecule has 290 valence electrons. The topological polar surface area (TPSA) is 206 Å². The van der Waals surface area contributed by atoms with E-state index in [9.17, 15) is 34.5 Å². The van der Waals surface area contributed by atoms with Crippen LogP contribution < -0.4 is 21.6 Å². The largest absolute Gasteiger partial charge is 0.404 e. The Balaban J connectivity index is 2.01. The molecular formula is C41H59N5O7. The molecule has 1 heterocycles. The van der Waals surface area contributed by atoms with Crippen molar-refractivity contribution in [2.24, 2.45) is 35.1 Å². The molecule has 0 spiro atoms. The summed E-state index contributed by atoms with van der Waals surface area (Å²) < 4.78 is 0. The van der Waals surface area contributed by atoms with E-state index in [4.69, 9.17) is 16.3 Å². The number of hydrogen-bond acceptors (Lipinski definition) is 11. The maximum Gasteiger partial charge on any atom is 0.237 e. The lowest BCUT2D eigenvalue weighted by Gasteiger charge is -2.56. The van der Waals surface area contributed by atoms with Crippen LogP contribution in [-0.2, 0) is 14.4 Å². The van der Waals surface area contributed by atoms with E-state index in [0.29, 0.717) is 22.8 Å². The van der Waals surface area contributed by atoms with Crippen LogP contribution in [0, 0.1) is 29.1 Å². The molecule has 1 saturated carbocycles. The number of rotatable bonds is 17. The molecule has 1 amide bonds. The van der Waals surface area contributed by atoms with Crippen LogP contribution in [0.4, 0.5) is 0 Å². The van der Waals surface area contributed by atoms with Gasteiger partial charge in [0.2, 0.25) is 5.91 Å². The van der Waals surface area contributed by atoms with Gasteiger partial charge in [-0.2, -0.15) is 0 Å². The summed E-state index contributed by atoms with van der Waals surface area (Å²) in [4.78, 5) is 75.8. The number of aliphatic hydroxyl groups excluding tert-OH is 1. The third-order valence-electron chi connectivity index (χ3n) is 11.4. The zero-order valence-electron chi connectivity index (χ0n) is 32.2. The molecule has 0 bridgehead atoms.